The molecule has 0 N–H and O–H groups in total. The van der Waals surface area contributed by atoms with Gasteiger partial charge in [-0.1, -0.05) is 54.1 Å². The summed E-state index contributed by atoms with van der Waals surface area (Å²) < 4.78 is 0. The molecule has 0 bridgehead atoms. The summed E-state index contributed by atoms with van der Waals surface area (Å²) in [6.45, 7) is 5.90. The van der Waals surface area contributed by atoms with Crippen LogP contribution in [-0.4, -0.2) is 28.4 Å². The molecule has 3 rings (SSSR count). The van der Waals surface area contributed by atoms with E-state index in [4.69, 9.17) is 12.2 Å². The zero-order valence-electron chi connectivity index (χ0n) is 14.4. The first-order chi connectivity index (χ1) is 12.5. The quantitative estimate of drug-likeness (QED) is 0.360. The van der Waals surface area contributed by atoms with E-state index >= 15 is 0 Å². The Labute approximate surface area is 158 Å². The Bertz CT molecular complexity index is 901. The van der Waals surface area contributed by atoms with Crippen molar-refractivity contribution in [3.63, 3.8) is 0 Å². The van der Waals surface area contributed by atoms with Crippen molar-refractivity contribution in [2.24, 2.45) is 0 Å². The molecule has 26 heavy (non-hydrogen) atoms. The van der Waals surface area contributed by atoms with Gasteiger partial charge in [0.2, 0.25) is 0 Å². The maximum absolute atomic E-state index is 13.1. The molecule has 4 nitrogen and oxygen atoms in total. The number of benzene rings is 2. The Morgan fingerprint density at radius 2 is 1.65 bits per heavy atom. The van der Waals surface area contributed by atoms with E-state index < -0.39 is 11.8 Å². The van der Waals surface area contributed by atoms with E-state index in [9.17, 15) is 9.59 Å². The molecular formula is C21H18N2O2S. The van der Waals surface area contributed by atoms with E-state index in [0.29, 0.717) is 5.69 Å². The van der Waals surface area contributed by atoms with Crippen molar-refractivity contribution in [3.8, 4) is 0 Å². The minimum Gasteiger partial charge on any atom is -0.280 e. The first-order valence-corrected chi connectivity index (χ1v) is 8.58. The Morgan fingerprint density at radius 1 is 1.00 bits per heavy atom. The number of carbonyl (C=O) groups excluding carboxylic acids is 2. The van der Waals surface area contributed by atoms with Crippen LogP contribution >= 0.6 is 12.2 Å². The molecule has 0 unspecified atom stereocenters. The summed E-state index contributed by atoms with van der Waals surface area (Å²) in [6, 6.07) is 16.7. The molecule has 1 aliphatic rings. The Balaban J connectivity index is 2.09. The van der Waals surface area contributed by atoms with Gasteiger partial charge in [0.1, 0.15) is 5.57 Å². The van der Waals surface area contributed by atoms with Crippen molar-refractivity contribution in [2.75, 3.05) is 11.4 Å². The summed E-state index contributed by atoms with van der Waals surface area (Å²) in [7, 11) is 0. The molecular weight excluding hydrogens is 344 g/mol. The number of anilines is 1. The highest BCUT2D eigenvalue weighted by Gasteiger charge is 2.39. The first kappa shape index (κ1) is 17.8. The van der Waals surface area contributed by atoms with Crippen molar-refractivity contribution in [1.29, 1.82) is 0 Å². The zero-order chi connectivity index (χ0) is 18.7. The van der Waals surface area contributed by atoms with E-state index in [0.717, 1.165) is 11.1 Å². The van der Waals surface area contributed by atoms with Gasteiger partial charge < -0.3 is 0 Å². The van der Waals surface area contributed by atoms with Gasteiger partial charge in [-0.2, -0.15) is 0 Å². The second-order valence-corrected chi connectivity index (χ2v) is 6.30. The van der Waals surface area contributed by atoms with Crippen LogP contribution in [0.5, 0.6) is 0 Å². The largest absolute Gasteiger partial charge is 0.280 e. The molecule has 1 heterocycles. The minimum atomic E-state index is -0.424. The summed E-state index contributed by atoms with van der Waals surface area (Å²) in [5.41, 5.74) is 2.59. The van der Waals surface area contributed by atoms with Gasteiger partial charge in [0.05, 0.1) is 5.69 Å². The smallest absolute Gasteiger partial charge is 0.270 e. The van der Waals surface area contributed by atoms with E-state index in [1.165, 1.54) is 9.80 Å². The van der Waals surface area contributed by atoms with Crippen LogP contribution in [0.1, 0.15) is 11.1 Å². The van der Waals surface area contributed by atoms with Crippen LogP contribution in [0.3, 0.4) is 0 Å². The standard InChI is InChI=1S/C21H18N2O2S/c1-3-13-22-19(24)18(14-16-11-9-15(2)10-12-16)20(25)23(21(22)26)17-7-5-4-6-8-17/h3-12,14H,1,13H2,2H3/b18-14+. The molecule has 0 spiro atoms. The molecule has 0 aromatic heterocycles. The van der Waals surface area contributed by atoms with Crippen LogP contribution < -0.4 is 4.90 Å². The van der Waals surface area contributed by atoms with Crippen molar-refractivity contribution < 1.29 is 9.59 Å². The lowest BCUT2D eigenvalue weighted by molar-refractivity contribution is -0.127. The highest BCUT2D eigenvalue weighted by atomic mass is 32.1. The van der Waals surface area contributed by atoms with Gasteiger partial charge in [-0.3, -0.25) is 19.4 Å². The lowest BCUT2D eigenvalue weighted by atomic mass is 10.0. The van der Waals surface area contributed by atoms with Gasteiger partial charge in [-0.25, -0.2) is 0 Å². The van der Waals surface area contributed by atoms with Crippen LogP contribution in [-0.2, 0) is 9.59 Å². The van der Waals surface area contributed by atoms with Gasteiger partial charge in [0.25, 0.3) is 11.8 Å². The maximum atomic E-state index is 13.1. The van der Waals surface area contributed by atoms with Crippen molar-refractivity contribution >= 4 is 40.9 Å². The van der Waals surface area contributed by atoms with Crippen molar-refractivity contribution in [2.45, 2.75) is 6.92 Å². The van der Waals surface area contributed by atoms with E-state index in [1.54, 1.807) is 24.3 Å². The molecule has 1 fully saturated rings. The predicted molar refractivity (Wildman–Crippen MR) is 108 cm³/mol. The van der Waals surface area contributed by atoms with Gasteiger partial charge in [-0.05, 0) is 42.9 Å². The fraction of sp³-hybridized carbons (Fsp3) is 0.0952. The molecule has 0 radical (unpaired) electrons. The second-order valence-electron chi connectivity index (χ2n) is 5.93. The Morgan fingerprint density at radius 3 is 2.27 bits per heavy atom. The molecule has 2 amide bonds. The average Bonchev–Trinajstić information content (AvgIpc) is 2.65. The zero-order valence-corrected chi connectivity index (χ0v) is 15.2. The van der Waals surface area contributed by atoms with Crippen LogP contribution in [0.25, 0.3) is 6.08 Å². The first-order valence-electron chi connectivity index (χ1n) is 8.17. The SMILES string of the molecule is C=CCN1C(=O)/C(=C\c2ccc(C)cc2)C(=O)N(c2ccccc2)C1=S. The third kappa shape index (κ3) is 3.34. The fourth-order valence-electron chi connectivity index (χ4n) is 2.70. The number of nitrogens with zero attached hydrogens (tertiary/aromatic N) is 2. The normalized spacial score (nSPS) is 16.3. The molecule has 1 saturated heterocycles. The lowest BCUT2D eigenvalue weighted by Crippen LogP contribution is -2.56. The molecule has 2 aromatic rings. The van der Waals surface area contributed by atoms with Gasteiger partial charge in [0, 0.05) is 6.54 Å². The second kappa shape index (κ2) is 7.45. The molecule has 5 heteroatoms. The number of para-hydroxylation sites is 1. The monoisotopic (exact) mass is 362 g/mol. The summed E-state index contributed by atoms with van der Waals surface area (Å²) in [5, 5.41) is 0.159. The molecule has 130 valence electrons. The van der Waals surface area contributed by atoms with Crippen LogP contribution in [0.15, 0.2) is 72.8 Å². The summed E-state index contributed by atoms with van der Waals surface area (Å²) in [6.07, 6.45) is 3.20. The van der Waals surface area contributed by atoms with E-state index in [2.05, 4.69) is 6.58 Å². The fourth-order valence-corrected chi connectivity index (χ4v) is 3.05. The number of amides is 2. The summed E-state index contributed by atoms with van der Waals surface area (Å²) in [4.78, 5) is 28.7. The molecule has 0 saturated carbocycles. The van der Waals surface area contributed by atoms with Crippen LogP contribution in [0.2, 0.25) is 0 Å². The number of hydrogen-bond acceptors (Lipinski definition) is 3. The molecule has 0 aliphatic carbocycles. The highest BCUT2D eigenvalue weighted by molar-refractivity contribution is 7.80. The van der Waals surface area contributed by atoms with E-state index in [1.807, 2.05) is 49.4 Å². The van der Waals surface area contributed by atoms with E-state index in [-0.39, 0.29) is 17.2 Å². The summed E-state index contributed by atoms with van der Waals surface area (Å²) in [5.74, 6) is -0.834. The van der Waals surface area contributed by atoms with Gasteiger partial charge in [0.15, 0.2) is 5.11 Å². The summed E-state index contributed by atoms with van der Waals surface area (Å²) >= 11 is 5.42. The maximum Gasteiger partial charge on any atom is 0.270 e. The van der Waals surface area contributed by atoms with Gasteiger partial charge >= 0.3 is 0 Å². The number of carbonyl (C=O) groups is 2. The highest BCUT2D eigenvalue weighted by Crippen LogP contribution is 2.26. The number of thiocarbonyl (C=S) groups is 1. The third-order valence-corrected chi connectivity index (χ3v) is 4.45. The molecule has 0 atom stereocenters. The number of hydrogen-bond donors (Lipinski definition) is 0. The van der Waals surface area contributed by atoms with Crippen LogP contribution in [0, 0.1) is 6.92 Å². The van der Waals surface area contributed by atoms with Crippen molar-refractivity contribution in [1.82, 2.24) is 4.90 Å². The van der Waals surface area contributed by atoms with Crippen LogP contribution in [0.4, 0.5) is 5.69 Å². The lowest BCUT2D eigenvalue weighted by Gasteiger charge is -2.36. The minimum absolute atomic E-state index is 0.0770. The average molecular weight is 362 g/mol. The Kier molecular flexibility index (Phi) is 5.09. The topological polar surface area (TPSA) is 40.6 Å². The predicted octanol–water partition coefficient (Wildman–Crippen LogP) is 3.72. The molecule has 1 aliphatic heterocycles. The van der Waals surface area contributed by atoms with Gasteiger partial charge in [-0.15, -0.1) is 6.58 Å². The number of rotatable bonds is 4. The number of aryl methyl sites for hydroxylation is 1. The third-order valence-electron chi connectivity index (χ3n) is 4.05. The Hall–Kier alpha value is -3.05. The molecule has 2 aromatic carbocycles. The van der Waals surface area contributed by atoms with Crippen molar-refractivity contribution in [3.05, 3.63) is 84.0 Å².